The number of likely N-dealkylation sites (N-methyl/N-ethyl adjacent to an activating group) is 1. The van der Waals surface area contributed by atoms with Crippen molar-refractivity contribution in [3.63, 3.8) is 0 Å². The zero-order valence-corrected chi connectivity index (χ0v) is 10.4. The summed E-state index contributed by atoms with van der Waals surface area (Å²) >= 11 is 0. The van der Waals surface area contributed by atoms with Gasteiger partial charge in [0.15, 0.2) is 5.69 Å². The summed E-state index contributed by atoms with van der Waals surface area (Å²) in [5.74, 6) is 0. The van der Waals surface area contributed by atoms with Crippen LogP contribution in [0.3, 0.4) is 0 Å². The van der Waals surface area contributed by atoms with Gasteiger partial charge in [0.2, 0.25) is 0 Å². The molecular weight excluding hydrogens is 222 g/mol. The molecule has 0 amide bonds. The molecule has 0 aliphatic carbocycles. The normalized spacial score (nSPS) is 9.78. The Kier molecular flexibility index (Phi) is 3.93. The van der Waals surface area contributed by atoms with Crippen LogP contribution >= 0.6 is 0 Å². The molecule has 0 bridgehead atoms. The number of nitrogens with zero attached hydrogens (tertiary/aromatic N) is 3. The van der Waals surface area contributed by atoms with Crippen LogP contribution in [0.1, 0.15) is 11.3 Å². The highest BCUT2D eigenvalue weighted by Crippen LogP contribution is 2.16. The fourth-order valence-electron chi connectivity index (χ4n) is 1.85. The van der Waals surface area contributed by atoms with Gasteiger partial charge in [-0.2, -0.15) is 5.26 Å². The first-order valence-corrected chi connectivity index (χ1v) is 5.91. The number of benzene rings is 1. The lowest BCUT2D eigenvalue weighted by atomic mass is 10.1. The molecule has 0 spiro atoms. The third kappa shape index (κ3) is 2.86. The number of anilines is 1. The number of rotatable bonds is 4. The monoisotopic (exact) mass is 237 g/mol. The van der Waals surface area contributed by atoms with Gasteiger partial charge in [0, 0.05) is 19.8 Å². The van der Waals surface area contributed by atoms with E-state index in [9.17, 15) is 0 Å². The first-order valence-electron chi connectivity index (χ1n) is 5.91. The van der Waals surface area contributed by atoms with Crippen LogP contribution < -0.4 is 4.90 Å². The average Bonchev–Trinajstić information content (AvgIpc) is 2.45. The minimum atomic E-state index is 0.480. The van der Waals surface area contributed by atoms with Crippen molar-refractivity contribution >= 4 is 5.69 Å². The molecule has 2 aromatic rings. The zero-order valence-electron chi connectivity index (χ0n) is 10.4. The Morgan fingerprint density at radius 2 is 1.94 bits per heavy atom. The first-order chi connectivity index (χ1) is 8.81. The predicted molar refractivity (Wildman–Crippen MR) is 72.4 cm³/mol. The van der Waals surface area contributed by atoms with Crippen molar-refractivity contribution in [2.45, 2.75) is 6.42 Å². The smallest absolute Gasteiger partial charge is 0.163 e. The summed E-state index contributed by atoms with van der Waals surface area (Å²) in [5, 5.41) is 9.01. The maximum Gasteiger partial charge on any atom is 0.163 e. The molecule has 0 unspecified atom stereocenters. The van der Waals surface area contributed by atoms with Crippen molar-refractivity contribution < 1.29 is 0 Å². The lowest BCUT2D eigenvalue weighted by Crippen LogP contribution is -2.21. The number of aromatic nitrogens is 1. The van der Waals surface area contributed by atoms with Crippen LogP contribution in [0, 0.1) is 11.3 Å². The molecule has 3 nitrogen and oxygen atoms in total. The van der Waals surface area contributed by atoms with E-state index in [1.807, 2.05) is 37.4 Å². The highest BCUT2D eigenvalue weighted by atomic mass is 15.1. The molecular formula is C15H15N3. The second-order valence-electron chi connectivity index (χ2n) is 4.14. The summed E-state index contributed by atoms with van der Waals surface area (Å²) in [6.07, 6.45) is 2.60. The SMILES string of the molecule is CN(CCc1ccccc1)c1cccnc1C#N. The van der Waals surface area contributed by atoms with Crippen LogP contribution in [0.4, 0.5) is 5.69 Å². The molecule has 2 rings (SSSR count). The van der Waals surface area contributed by atoms with Crippen molar-refractivity contribution in [2.24, 2.45) is 0 Å². The Balaban J connectivity index is 2.04. The van der Waals surface area contributed by atoms with E-state index >= 15 is 0 Å². The van der Waals surface area contributed by atoms with Gasteiger partial charge in [-0.25, -0.2) is 4.98 Å². The molecule has 0 N–H and O–H groups in total. The van der Waals surface area contributed by atoms with Crippen molar-refractivity contribution in [1.29, 1.82) is 5.26 Å². The van der Waals surface area contributed by atoms with Gasteiger partial charge in [0.1, 0.15) is 6.07 Å². The molecule has 0 saturated carbocycles. The summed E-state index contributed by atoms with van der Waals surface area (Å²) in [6.45, 7) is 0.865. The molecule has 90 valence electrons. The summed E-state index contributed by atoms with van der Waals surface area (Å²) < 4.78 is 0. The number of pyridine rings is 1. The van der Waals surface area contributed by atoms with Crippen LogP contribution in [0.25, 0.3) is 0 Å². The number of hydrogen-bond donors (Lipinski definition) is 0. The minimum Gasteiger partial charge on any atom is -0.372 e. The molecule has 0 aliphatic heterocycles. The van der Waals surface area contributed by atoms with E-state index in [0.717, 1.165) is 18.7 Å². The maximum absolute atomic E-state index is 9.01. The van der Waals surface area contributed by atoms with Crippen molar-refractivity contribution in [3.8, 4) is 6.07 Å². The Bertz CT molecular complexity index is 543. The van der Waals surface area contributed by atoms with Gasteiger partial charge in [-0.15, -0.1) is 0 Å². The van der Waals surface area contributed by atoms with E-state index in [1.165, 1.54) is 5.56 Å². The molecule has 18 heavy (non-hydrogen) atoms. The number of hydrogen-bond acceptors (Lipinski definition) is 3. The Labute approximate surface area is 107 Å². The quantitative estimate of drug-likeness (QED) is 0.820. The fraction of sp³-hybridized carbons (Fsp3) is 0.200. The Morgan fingerprint density at radius 1 is 1.17 bits per heavy atom. The van der Waals surface area contributed by atoms with Gasteiger partial charge in [0.05, 0.1) is 5.69 Å². The van der Waals surface area contributed by atoms with Crippen LogP contribution in [-0.2, 0) is 6.42 Å². The predicted octanol–water partition coefficient (Wildman–Crippen LogP) is 2.63. The minimum absolute atomic E-state index is 0.480. The fourth-order valence-corrected chi connectivity index (χ4v) is 1.85. The maximum atomic E-state index is 9.01. The van der Waals surface area contributed by atoms with Gasteiger partial charge in [-0.1, -0.05) is 30.3 Å². The van der Waals surface area contributed by atoms with Gasteiger partial charge >= 0.3 is 0 Å². The first kappa shape index (κ1) is 12.1. The second-order valence-corrected chi connectivity index (χ2v) is 4.14. The van der Waals surface area contributed by atoms with Crippen LogP contribution in [0.2, 0.25) is 0 Å². The van der Waals surface area contributed by atoms with E-state index in [1.54, 1.807) is 6.20 Å². The van der Waals surface area contributed by atoms with E-state index in [-0.39, 0.29) is 0 Å². The summed E-state index contributed by atoms with van der Waals surface area (Å²) in [6, 6.07) is 16.2. The highest BCUT2D eigenvalue weighted by molar-refractivity contribution is 5.55. The van der Waals surface area contributed by atoms with E-state index in [4.69, 9.17) is 5.26 Å². The van der Waals surface area contributed by atoms with Crippen molar-refractivity contribution in [1.82, 2.24) is 4.98 Å². The molecule has 1 heterocycles. The third-order valence-electron chi connectivity index (χ3n) is 2.88. The van der Waals surface area contributed by atoms with E-state index in [0.29, 0.717) is 5.69 Å². The van der Waals surface area contributed by atoms with Gasteiger partial charge < -0.3 is 4.90 Å². The average molecular weight is 237 g/mol. The largest absolute Gasteiger partial charge is 0.372 e. The van der Waals surface area contributed by atoms with Gasteiger partial charge in [0.25, 0.3) is 0 Å². The Morgan fingerprint density at radius 3 is 2.67 bits per heavy atom. The highest BCUT2D eigenvalue weighted by Gasteiger charge is 2.07. The van der Waals surface area contributed by atoms with Crippen LogP contribution in [-0.4, -0.2) is 18.6 Å². The molecule has 0 fully saturated rings. The summed E-state index contributed by atoms with van der Waals surface area (Å²) in [5.41, 5.74) is 2.66. The lowest BCUT2D eigenvalue weighted by molar-refractivity contribution is 0.871. The second kappa shape index (κ2) is 5.83. The van der Waals surface area contributed by atoms with Crippen molar-refractivity contribution in [2.75, 3.05) is 18.5 Å². The molecule has 1 aromatic heterocycles. The molecule has 0 atom stereocenters. The van der Waals surface area contributed by atoms with Crippen LogP contribution in [0.5, 0.6) is 0 Å². The standard InChI is InChI=1S/C15H15N3/c1-18(11-9-13-6-3-2-4-7-13)15-8-5-10-17-14(15)12-16/h2-8,10H,9,11H2,1H3. The van der Waals surface area contributed by atoms with Gasteiger partial charge in [-0.3, -0.25) is 0 Å². The lowest BCUT2D eigenvalue weighted by Gasteiger charge is -2.19. The topological polar surface area (TPSA) is 39.9 Å². The molecule has 1 aromatic carbocycles. The molecule has 0 saturated heterocycles. The van der Waals surface area contributed by atoms with Crippen molar-refractivity contribution in [3.05, 3.63) is 59.9 Å². The van der Waals surface area contributed by atoms with Gasteiger partial charge in [-0.05, 0) is 24.1 Å². The summed E-state index contributed by atoms with van der Waals surface area (Å²) in [7, 11) is 1.99. The Hall–Kier alpha value is -2.34. The zero-order chi connectivity index (χ0) is 12.8. The molecule has 0 aliphatic rings. The number of nitriles is 1. The molecule has 3 heteroatoms. The van der Waals surface area contributed by atoms with E-state index < -0.39 is 0 Å². The van der Waals surface area contributed by atoms with Crippen LogP contribution in [0.15, 0.2) is 48.7 Å². The summed E-state index contributed by atoms with van der Waals surface area (Å²) in [4.78, 5) is 6.14. The van der Waals surface area contributed by atoms with E-state index in [2.05, 4.69) is 28.1 Å². The molecule has 0 radical (unpaired) electrons. The third-order valence-corrected chi connectivity index (χ3v) is 2.88.